The molecule has 1 heterocycles. The van der Waals surface area contributed by atoms with Crippen LogP contribution in [-0.2, 0) is 0 Å². The second kappa shape index (κ2) is 3.63. The Kier molecular flexibility index (Phi) is 2.25. The number of benzene rings is 2. The number of hydrogen-bond donors (Lipinski definition) is 1. The highest BCUT2D eigenvalue weighted by molar-refractivity contribution is 8.00. The van der Waals surface area contributed by atoms with Gasteiger partial charge in [0.1, 0.15) is 0 Å². The monoisotopic (exact) mass is 227 g/mol. The van der Waals surface area contributed by atoms with Crippen molar-refractivity contribution in [3.05, 3.63) is 42.0 Å². The smallest absolute Gasteiger partial charge is 0.0414 e. The first kappa shape index (κ1) is 9.91. The number of fused-ring (bicyclic) bond motifs is 3. The first-order chi connectivity index (χ1) is 7.75. The Balaban J connectivity index is 2.33. The Labute approximate surface area is 99.4 Å². The molecule has 1 unspecified atom stereocenters. The topological polar surface area (TPSA) is 23.9 Å². The van der Waals surface area contributed by atoms with E-state index in [9.17, 15) is 0 Å². The quantitative estimate of drug-likeness (QED) is 0.720. The Hall–Kier alpha value is -1.28. The van der Waals surface area contributed by atoms with Crippen LogP contribution in [0.25, 0.3) is 10.8 Å². The standard InChI is InChI=1S/C14H13NS/c1-9-8-12(15)14-11-5-3-2-4-10(11)6-7-13(14)16-9/h2-7,9,15H,8H2,1H3. The van der Waals surface area contributed by atoms with Crippen molar-refractivity contribution in [2.75, 3.05) is 0 Å². The molecule has 3 rings (SSSR count). The molecule has 1 nitrogen and oxygen atoms in total. The highest BCUT2D eigenvalue weighted by Gasteiger charge is 2.21. The zero-order valence-corrected chi connectivity index (χ0v) is 9.97. The van der Waals surface area contributed by atoms with E-state index in [0.717, 1.165) is 17.7 Å². The Morgan fingerprint density at radius 1 is 1.19 bits per heavy atom. The van der Waals surface area contributed by atoms with Gasteiger partial charge in [-0.05, 0) is 16.8 Å². The van der Waals surface area contributed by atoms with Gasteiger partial charge in [-0.25, -0.2) is 0 Å². The van der Waals surface area contributed by atoms with E-state index in [2.05, 4.69) is 43.3 Å². The number of hydrogen-bond acceptors (Lipinski definition) is 2. The lowest BCUT2D eigenvalue weighted by molar-refractivity contribution is 0.990. The van der Waals surface area contributed by atoms with Crippen LogP contribution >= 0.6 is 11.8 Å². The lowest BCUT2D eigenvalue weighted by atomic mass is 9.98. The fourth-order valence-corrected chi connectivity index (χ4v) is 3.49. The van der Waals surface area contributed by atoms with Gasteiger partial charge in [0.05, 0.1) is 0 Å². The summed E-state index contributed by atoms with van der Waals surface area (Å²) in [5.41, 5.74) is 1.94. The molecule has 2 aromatic rings. The van der Waals surface area contributed by atoms with E-state index < -0.39 is 0 Å². The van der Waals surface area contributed by atoms with Gasteiger partial charge in [0, 0.05) is 27.8 Å². The maximum atomic E-state index is 8.17. The predicted molar refractivity (Wildman–Crippen MR) is 70.7 cm³/mol. The fourth-order valence-electron chi connectivity index (χ4n) is 2.31. The van der Waals surface area contributed by atoms with Gasteiger partial charge in [-0.3, -0.25) is 0 Å². The molecule has 0 spiro atoms. The first-order valence-corrected chi connectivity index (χ1v) is 6.40. The molecular formula is C14H13NS. The van der Waals surface area contributed by atoms with Crippen LogP contribution in [0.15, 0.2) is 41.3 Å². The Morgan fingerprint density at radius 3 is 2.88 bits per heavy atom. The van der Waals surface area contributed by atoms with Crippen molar-refractivity contribution in [3.63, 3.8) is 0 Å². The minimum atomic E-state index is 0.529. The van der Waals surface area contributed by atoms with Gasteiger partial charge < -0.3 is 5.41 Å². The van der Waals surface area contributed by atoms with E-state index in [1.54, 1.807) is 0 Å². The minimum absolute atomic E-state index is 0.529. The summed E-state index contributed by atoms with van der Waals surface area (Å²) in [5, 5.41) is 11.2. The maximum Gasteiger partial charge on any atom is 0.0414 e. The molecule has 0 aliphatic carbocycles. The van der Waals surface area contributed by atoms with Gasteiger partial charge in [0.25, 0.3) is 0 Å². The molecule has 80 valence electrons. The minimum Gasteiger partial charge on any atom is -0.305 e. The zero-order valence-electron chi connectivity index (χ0n) is 9.16. The number of rotatable bonds is 0. The third-order valence-corrected chi connectivity index (χ3v) is 4.18. The average Bonchev–Trinajstić information content (AvgIpc) is 2.28. The Bertz CT molecular complexity index is 574. The summed E-state index contributed by atoms with van der Waals surface area (Å²) in [6, 6.07) is 12.7. The third kappa shape index (κ3) is 1.45. The molecule has 1 aliphatic rings. The molecule has 0 amide bonds. The summed E-state index contributed by atoms with van der Waals surface area (Å²) in [7, 11) is 0. The van der Waals surface area contributed by atoms with Gasteiger partial charge in [-0.1, -0.05) is 37.3 Å². The van der Waals surface area contributed by atoms with Gasteiger partial charge >= 0.3 is 0 Å². The highest BCUT2D eigenvalue weighted by Crippen LogP contribution is 2.38. The van der Waals surface area contributed by atoms with Crippen molar-refractivity contribution >= 4 is 28.2 Å². The first-order valence-electron chi connectivity index (χ1n) is 5.52. The van der Waals surface area contributed by atoms with Crippen molar-refractivity contribution in [3.8, 4) is 0 Å². The van der Waals surface area contributed by atoms with Gasteiger partial charge in [-0.2, -0.15) is 0 Å². The van der Waals surface area contributed by atoms with Crippen molar-refractivity contribution in [1.29, 1.82) is 5.41 Å². The summed E-state index contributed by atoms with van der Waals surface area (Å²) < 4.78 is 0. The van der Waals surface area contributed by atoms with Crippen LogP contribution in [0.2, 0.25) is 0 Å². The molecule has 0 saturated carbocycles. The number of nitrogens with one attached hydrogen (secondary N) is 1. The molecule has 1 N–H and O–H groups in total. The van der Waals surface area contributed by atoms with Crippen LogP contribution in [0.4, 0.5) is 0 Å². The fraction of sp³-hybridized carbons (Fsp3) is 0.214. The van der Waals surface area contributed by atoms with Crippen molar-refractivity contribution in [2.24, 2.45) is 0 Å². The van der Waals surface area contributed by atoms with Crippen molar-refractivity contribution in [1.82, 2.24) is 0 Å². The molecule has 0 bridgehead atoms. The summed E-state index contributed by atoms with van der Waals surface area (Å²) in [5.74, 6) is 0. The van der Waals surface area contributed by atoms with E-state index >= 15 is 0 Å². The molecule has 0 saturated heterocycles. The summed E-state index contributed by atoms with van der Waals surface area (Å²) in [4.78, 5) is 1.27. The molecule has 1 aliphatic heterocycles. The van der Waals surface area contributed by atoms with E-state index in [1.807, 2.05) is 11.8 Å². The van der Waals surface area contributed by atoms with Crippen LogP contribution < -0.4 is 0 Å². The van der Waals surface area contributed by atoms with Gasteiger partial charge in [0.2, 0.25) is 0 Å². The predicted octanol–water partition coefficient (Wildman–Crippen LogP) is 4.09. The average molecular weight is 227 g/mol. The molecule has 2 heteroatoms. The lowest BCUT2D eigenvalue weighted by Gasteiger charge is -2.23. The third-order valence-electron chi connectivity index (χ3n) is 3.01. The van der Waals surface area contributed by atoms with E-state index in [4.69, 9.17) is 5.41 Å². The van der Waals surface area contributed by atoms with Crippen LogP contribution in [0.3, 0.4) is 0 Å². The van der Waals surface area contributed by atoms with Crippen molar-refractivity contribution in [2.45, 2.75) is 23.5 Å². The van der Waals surface area contributed by atoms with E-state index in [0.29, 0.717) is 5.25 Å². The second-order valence-corrected chi connectivity index (χ2v) is 5.75. The molecule has 0 radical (unpaired) electrons. The molecule has 0 fully saturated rings. The summed E-state index contributed by atoms with van der Waals surface area (Å²) in [6.07, 6.45) is 0.881. The summed E-state index contributed by atoms with van der Waals surface area (Å²) in [6.45, 7) is 2.19. The molecule has 16 heavy (non-hydrogen) atoms. The number of thioether (sulfide) groups is 1. The van der Waals surface area contributed by atoms with Crippen LogP contribution in [0, 0.1) is 5.41 Å². The largest absolute Gasteiger partial charge is 0.305 e. The normalized spacial score (nSPS) is 19.8. The second-order valence-electron chi connectivity index (χ2n) is 4.27. The van der Waals surface area contributed by atoms with Gasteiger partial charge in [0.15, 0.2) is 0 Å². The molecule has 0 aromatic heterocycles. The van der Waals surface area contributed by atoms with Crippen LogP contribution in [0.5, 0.6) is 0 Å². The zero-order chi connectivity index (χ0) is 11.1. The van der Waals surface area contributed by atoms with E-state index in [-0.39, 0.29) is 0 Å². The SMILES string of the molecule is CC1CC(=N)c2c(ccc3ccccc23)S1. The molecule has 2 aromatic carbocycles. The van der Waals surface area contributed by atoms with E-state index in [1.165, 1.54) is 15.7 Å². The molecular weight excluding hydrogens is 214 g/mol. The lowest BCUT2D eigenvalue weighted by Crippen LogP contribution is -2.14. The maximum absolute atomic E-state index is 8.17. The molecule has 1 atom stereocenters. The Morgan fingerprint density at radius 2 is 2.00 bits per heavy atom. The summed E-state index contributed by atoms with van der Waals surface area (Å²) >= 11 is 1.89. The highest BCUT2D eigenvalue weighted by atomic mass is 32.2. The van der Waals surface area contributed by atoms with Gasteiger partial charge in [-0.15, -0.1) is 11.8 Å². The van der Waals surface area contributed by atoms with Crippen LogP contribution in [0.1, 0.15) is 18.9 Å². The van der Waals surface area contributed by atoms with Crippen molar-refractivity contribution < 1.29 is 0 Å². The van der Waals surface area contributed by atoms with Crippen LogP contribution in [-0.4, -0.2) is 11.0 Å².